The maximum atomic E-state index is 14.0. The van der Waals surface area contributed by atoms with Crippen molar-refractivity contribution in [1.82, 2.24) is 0 Å². The standard InChI is InChI=1S/C23H27FO5/c1-14(2)28-20-11-19(7-5-15(20)6-8-21(25)26)27-13-17-10-18(24)9-16-12-23(3,4)29-22(16)17/h5,7,9-11,14H,6,8,12-13H2,1-4H3,(H,25,26). The minimum absolute atomic E-state index is 0.0250. The van der Waals surface area contributed by atoms with Crippen LogP contribution in [0.3, 0.4) is 0 Å². The number of aryl methyl sites for hydroxylation is 1. The van der Waals surface area contributed by atoms with Gasteiger partial charge in [-0.15, -0.1) is 0 Å². The molecule has 0 spiro atoms. The fraction of sp³-hybridized carbons (Fsp3) is 0.435. The Balaban J connectivity index is 1.78. The van der Waals surface area contributed by atoms with Crippen LogP contribution in [-0.2, 0) is 24.2 Å². The van der Waals surface area contributed by atoms with Crippen molar-refractivity contribution < 1.29 is 28.5 Å². The Morgan fingerprint density at radius 2 is 2.00 bits per heavy atom. The number of carboxylic acid groups (broad SMARTS) is 1. The van der Waals surface area contributed by atoms with Gasteiger partial charge < -0.3 is 19.3 Å². The zero-order chi connectivity index (χ0) is 21.2. The monoisotopic (exact) mass is 402 g/mol. The van der Waals surface area contributed by atoms with E-state index in [1.165, 1.54) is 12.1 Å². The quantitative estimate of drug-likeness (QED) is 0.679. The van der Waals surface area contributed by atoms with Crippen LogP contribution in [-0.4, -0.2) is 22.8 Å². The van der Waals surface area contributed by atoms with Crippen molar-refractivity contribution in [2.24, 2.45) is 0 Å². The molecule has 0 unspecified atom stereocenters. The molecular weight excluding hydrogens is 375 g/mol. The first-order valence-corrected chi connectivity index (χ1v) is 9.77. The van der Waals surface area contributed by atoms with Gasteiger partial charge in [0, 0.05) is 30.0 Å². The van der Waals surface area contributed by atoms with Crippen molar-refractivity contribution in [1.29, 1.82) is 0 Å². The van der Waals surface area contributed by atoms with E-state index >= 15 is 0 Å². The van der Waals surface area contributed by atoms with E-state index in [0.717, 1.165) is 11.1 Å². The molecule has 2 aromatic carbocycles. The van der Waals surface area contributed by atoms with Gasteiger partial charge >= 0.3 is 5.97 Å². The summed E-state index contributed by atoms with van der Waals surface area (Å²) in [6, 6.07) is 8.29. The van der Waals surface area contributed by atoms with Crippen molar-refractivity contribution in [3.63, 3.8) is 0 Å². The van der Waals surface area contributed by atoms with Gasteiger partial charge in [0.05, 0.1) is 6.10 Å². The molecule has 0 fully saturated rings. The number of rotatable bonds is 8. The molecule has 6 heteroatoms. The number of hydrogen-bond donors (Lipinski definition) is 1. The molecule has 0 aliphatic carbocycles. The predicted molar refractivity (Wildman–Crippen MR) is 107 cm³/mol. The average molecular weight is 402 g/mol. The summed E-state index contributed by atoms with van der Waals surface area (Å²) in [6.45, 7) is 7.92. The summed E-state index contributed by atoms with van der Waals surface area (Å²) >= 11 is 0. The van der Waals surface area contributed by atoms with Crippen molar-refractivity contribution in [2.45, 2.75) is 65.3 Å². The van der Waals surface area contributed by atoms with E-state index in [2.05, 4.69) is 0 Å². The van der Waals surface area contributed by atoms with E-state index in [0.29, 0.717) is 35.7 Å². The first kappa shape index (κ1) is 21.0. The highest BCUT2D eigenvalue weighted by Crippen LogP contribution is 2.39. The van der Waals surface area contributed by atoms with E-state index < -0.39 is 5.97 Å². The van der Waals surface area contributed by atoms with Gasteiger partial charge in [-0.05, 0) is 57.9 Å². The zero-order valence-corrected chi connectivity index (χ0v) is 17.3. The van der Waals surface area contributed by atoms with Crippen molar-refractivity contribution >= 4 is 5.97 Å². The molecule has 0 atom stereocenters. The second kappa shape index (κ2) is 8.31. The molecule has 0 radical (unpaired) electrons. The molecule has 0 aromatic heterocycles. The first-order chi connectivity index (χ1) is 13.6. The Bertz CT molecular complexity index is 904. The molecule has 0 saturated heterocycles. The third-order valence-electron chi connectivity index (χ3n) is 4.61. The largest absolute Gasteiger partial charge is 0.491 e. The molecule has 1 N–H and O–H groups in total. The second-order valence-electron chi connectivity index (χ2n) is 8.21. The van der Waals surface area contributed by atoms with E-state index in [1.807, 2.05) is 33.8 Å². The molecule has 5 nitrogen and oxygen atoms in total. The predicted octanol–water partition coefficient (Wildman–Crippen LogP) is 4.92. The minimum atomic E-state index is -0.858. The molecule has 1 aliphatic heterocycles. The van der Waals surface area contributed by atoms with Crippen LogP contribution < -0.4 is 14.2 Å². The van der Waals surface area contributed by atoms with E-state index in [1.54, 1.807) is 12.1 Å². The second-order valence-corrected chi connectivity index (χ2v) is 8.21. The lowest BCUT2D eigenvalue weighted by Gasteiger charge is -2.19. The molecule has 1 aliphatic rings. The van der Waals surface area contributed by atoms with E-state index in [9.17, 15) is 9.18 Å². The lowest BCUT2D eigenvalue weighted by Crippen LogP contribution is -2.25. The van der Waals surface area contributed by atoms with Crippen molar-refractivity contribution in [3.8, 4) is 17.2 Å². The highest BCUT2D eigenvalue weighted by atomic mass is 19.1. The maximum Gasteiger partial charge on any atom is 0.303 e. The summed E-state index contributed by atoms with van der Waals surface area (Å²) in [5.41, 5.74) is 1.95. The normalized spacial score (nSPS) is 14.4. The Hall–Kier alpha value is -2.76. The summed E-state index contributed by atoms with van der Waals surface area (Å²) in [7, 11) is 0. The number of halogens is 1. The number of fused-ring (bicyclic) bond motifs is 1. The Labute approximate surface area is 170 Å². The number of aliphatic carboxylic acids is 1. The van der Waals surface area contributed by atoms with Crippen LogP contribution in [0.4, 0.5) is 4.39 Å². The van der Waals surface area contributed by atoms with Gasteiger partial charge in [-0.3, -0.25) is 4.79 Å². The van der Waals surface area contributed by atoms with Gasteiger partial charge in [0.15, 0.2) is 0 Å². The summed E-state index contributed by atoms with van der Waals surface area (Å²) < 4.78 is 31.8. The van der Waals surface area contributed by atoms with Crippen molar-refractivity contribution in [3.05, 3.63) is 52.8 Å². The SMILES string of the molecule is CC(C)Oc1cc(OCc2cc(F)cc3c2OC(C)(C)C3)ccc1CCC(=O)O. The summed E-state index contributed by atoms with van der Waals surface area (Å²) in [4.78, 5) is 10.9. The van der Waals surface area contributed by atoms with Gasteiger partial charge in [0.2, 0.25) is 0 Å². The topological polar surface area (TPSA) is 65.0 Å². The van der Waals surface area contributed by atoms with Crippen LogP contribution in [0, 0.1) is 5.82 Å². The van der Waals surface area contributed by atoms with E-state index in [-0.39, 0.29) is 30.5 Å². The minimum Gasteiger partial charge on any atom is -0.491 e. The highest BCUT2D eigenvalue weighted by Gasteiger charge is 2.32. The number of carboxylic acids is 1. The fourth-order valence-corrected chi connectivity index (χ4v) is 3.45. The Kier molecular flexibility index (Phi) is 6.01. The fourth-order valence-electron chi connectivity index (χ4n) is 3.45. The van der Waals surface area contributed by atoms with Crippen LogP contribution in [0.5, 0.6) is 17.2 Å². The molecule has 2 aromatic rings. The molecule has 0 bridgehead atoms. The molecule has 3 rings (SSSR count). The summed E-state index contributed by atoms with van der Waals surface area (Å²) in [6.07, 6.45) is 0.989. The van der Waals surface area contributed by atoms with Crippen LogP contribution in [0.2, 0.25) is 0 Å². The van der Waals surface area contributed by atoms with Gasteiger partial charge in [0.25, 0.3) is 0 Å². The Morgan fingerprint density at radius 3 is 2.69 bits per heavy atom. The highest BCUT2D eigenvalue weighted by molar-refractivity contribution is 5.67. The first-order valence-electron chi connectivity index (χ1n) is 9.77. The Morgan fingerprint density at radius 1 is 1.24 bits per heavy atom. The number of benzene rings is 2. The molecule has 1 heterocycles. The molecule has 156 valence electrons. The zero-order valence-electron chi connectivity index (χ0n) is 17.3. The lowest BCUT2D eigenvalue weighted by atomic mass is 10.0. The third-order valence-corrected chi connectivity index (χ3v) is 4.61. The third kappa shape index (κ3) is 5.40. The molecule has 0 amide bonds. The molecule has 0 saturated carbocycles. The summed E-state index contributed by atoms with van der Waals surface area (Å²) in [5, 5.41) is 8.94. The number of hydrogen-bond acceptors (Lipinski definition) is 4. The summed E-state index contributed by atoms with van der Waals surface area (Å²) in [5.74, 6) is 0.684. The average Bonchev–Trinajstić information content (AvgIpc) is 2.92. The van der Waals surface area contributed by atoms with Gasteiger partial charge in [-0.1, -0.05) is 6.07 Å². The van der Waals surface area contributed by atoms with Gasteiger partial charge in [0.1, 0.15) is 35.3 Å². The van der Waals surface area contributed by atoms with Gasteiger partial charge in [-0.2, -0.15) is 0 Å². The maximum absolute atomic E-state index is 14.0. The number of ether oxygens (including phenoxy) is 3. The van der Waals surface area contributed by atoms with E-state index in [4.69, 9.17) is 19.3 Å². The smallest absolute Gasteiger partial charge is 0.303 e. The van der Waals surface area contributed by atoms with Crippen LogP contribution in [0.1, 0.15) is 50.8 Å². The van der Waals surface area contributed by atoms with Crippen LogP contribution in [0.25, 0.3) is 0 Å². The molecule has 29 heavy (non-hydrogen) atoms. The van der Waals surface area contributed by atoms with Crippen LogP contribution >= 0.6 is 0 Å². The molecular formula is C23H27FO5. The number of carbonyl (C=O) groups is 1. The van der Waals surface area contributed by atoms with Crippen molar-refractivity contribution in [2.75, 3.05) is 0 Å². The van der Waals surface area contributed by atoms with Gasteiger partial charge in [-0.25, -0.2) is 4.39 Å². The lowest BCUT2D eigenvalue weighted by molar-refractivity contribution is -0.136. The van der Waals surface area contributed by atoms with Crippen LogP contribution in [0.15, 0.2) is 30.3 Å².